The molecule has 0 spiro atoms. The molecule has 118 valence electrons. The smallest absolute Gasteiger partial charge is 0.0769 e. The maximum absolute atomic E-state index is 4.70. The molecule has 0 amide bonds. The van der Waals surface area contributed by atoms with E-state index in [4.69, 9.17) is 5.10 Å². The maximum atomic E-state index is 4.70. The van der Waals surface area contributed by atoms with E-state index in [0.717, 1.165) is 31.0 Å². The Bertz CT molecular complexity index is 724. The molecule has 3 aromatic rings. The fraction of sp³-hybridized carbons (Fsp3) is 0.333. The molecule has 1 aliphatic rings. The van der Waals surface area contributed by atoms with Crippen molar-refractivity contribution in [1.82, 2.24) is 24.9 Å². The number of likely N-dealkylation sites (tertiary alicyclic amines) is 1. The first kappa shape index (κ1) is 14.2. The van der Waals surface area contributed by atoms with Gasteiger partial charge in [0.25, 0.3) is 0 Å². The van der Waals surface area contributed by atoms with E-state index in [9.17, 15) is 0 Å². The van der Waals surface area contributed by atoms with Crippen LogP contribution in [0.4, 0.5) is 0 Å². The lowest BCUT2D eigenvalue weighted by molar-refractivity contribution is 0.201. The summed E-state index contributed by atoms with van der Waals surface area (Å²) < 4.78 is 1.95. The topological polar surface area (TPSA) is 49.7 Å². The van der Waals surface area contributed by atoms with Crippen molar-refractivity contribution >= 4 is 0 Å². The summed E-state index contributed by atoms with van der Waals surface area (Å²) >= 11 is 0. The minimum absolute atomic E-state index is 0.621. The zero-order valence-electron chi connectivity index (χ0n) is 13.1. The lowest BCUT2D eigenvalue weighted by Gasteiger charge is -2.30. The summed E-state index contributed by atoms with van der Waals surface area (Å²) in [5, 5.41) is 11.9. The van der Waals surface area contributed by atoms with E-state index >= 15 is 0 Å². The van der Waals surface area contributed by atoms with E-state index in [2.05, 4.69) is 39.4 Å². The Labute approximate surface area is 135 Å². The number of piperidine rings is 1. The highest BCUT2D eigenvalue weighted by atomic mass is 15.3. The number of benzene rings is 1. The molecule has 0 atom stereocenters. The molecule has 3 heterocycles. The molecular weight excluding hydrogens is 286 g/mol. The van der Waals surface area contributed by atoms with Crippen LogP contribution in [-0.4, -0.2) is 38.0 Å². The van der Waals surface area contributed by atoms with Crippen molar-refractivity contribution in [2.24, 2.45) is 0 Å². The van der Waals surface area contributed by atoms with Crippen molar-refractivity contribution in [2.45, 2.75) is 25.3 Å². The standard InChI is InChI=1S/C18H21N5/c1-2-4-17(5-3-1)23-13-9-16(21-23)14-22-11-7-15(8-12-22)18-6-10-19-20-18/h1-6,9-10,13,15H,7-8,11-12,14H2,(H,19,20). The number of nitrogens with one attached hydrogen (secondary N) is 1. The Balaban J connectivity index is 1.36. The maximum Gasteiger partial charge on any atom is 0.0769 e. The van der Waals surface area contributed by atoms with E-state index < -0.39 is 0 Å². The van der Waals surface area contributed by atoms with Crippen LogP contribution in [0.25, 0.3) is 5.69 Å². The predicted molar refractivity (Wildman–Crippen MR) is 89.4 cm³/mol. The van der Waals surface area contributed by atoms with Crippen molar-refractivity contribution in [3.8, 4) is 5.69 Å². The van der Waals surface area contributed by atoms with Gasteiger partial charge >= 0.3 is 0 Å². The number of para-hydroxylation sites is 1. The molecule has 4 rings (SSSR count). The quantitative estimate of drug-likeness (QED) is 0.806. The normalized spacial score (nSPS) is 16.7. The molecule has 23 heavy (non-hydrogen) atoms. The van der Waals surface area contributed by atoms with Gasteiger partial charge in [-0.25, -0.2) is 4.68 Å². The number of hydrogen-bond donors (Lipinski definition) is 1. The van der Waals surface area contributed by atoms with Crippen molar-refractivity contribution < 1.29 is 0 Å². The fourth-order valence-electron chi connectivity index (χ4n) is 3.30. The first-order valence-electron chi connectivity index (χ1n) is 8.20. The van der Waals surface area contributed by atoms with Crippen molar-refractivity contribution in [3.63, 3.8) is 0 Å². The molecule has 1 fully saturated rings. The molecule has 2 aromatic heterocycles. The van der Waals surface area contributed by atoms with Gasteiger partial charge in [-0.2, -0.15) is 10.2 Å². The van der Waals surface area contributed by atoms with Crippen LogP contribution in [0, 0.1) is 0 Å². The molecule has 5 nitrogen and oxygen atoms in total. The number of aromatic amines is 1. The molecule has 1 N–H and O–H groups in total. The van der Waals surface area contributed by atoms with Crippen LogP contribution < -0.4 is 0 Å². The van der Waals surface area contributed by atoms with Crippen LogP contribution in [-0.2, 0) is 6.54 Å². The summed E-state index contributed by atoms with van der Waals surface area (Å²) in [5.41, 5.74) is 3.52. The molecule has 0 unspecified atom stereocenters. The Kier molecular flexibility index (Phi) is 3.94. The van der Waals surface area contributed by atoms with Gasteiger partial charge in [0.15, 0.2) is 0 Å². The van der Waals surface area contributed by atoms with E-state index in [1.807, 2.05) is 35.3 Å². The van der Waals surface area contributed by atoms with E-state index in [-0.39, 0.29) is 0 Å². The third-order valence-corrected chi connectivity index (χ3v) is 4.60. The molecule has 0 saturated carbocycles. The number of H-pyrrole nitrogens is 1. The van der Waals surface area contributed by atoms with E-state index in [0.29, 0.717) is 5.92 Å². The van der Waals surface area contributed by atoms with Crippen LogP contribution in [0.15, 0.2) is 54.9 Å². The predicted octanol–water partition coefficient (Wildman–Crippen LogP) is 2.98. The van der Waals surface area contributed by atoms with Gasteiger partial charge in [-0.15, -0.1) is 0 Å². The Hall–Kier alpha value is -2.40. The first-order valence-corrected chi connectivity index (χ1v) is 8.20. The van der Waals surface area contributed by atoms with Gasteiger partial charge in [0.2, 0.25) is 0 Å². The third-order valence-electron chi connectivity index (χ3n) is 4.60. The van der Waals surface area contributed by atoms with Gasteiger partial charge in [-0.05, 0) is 50.2 Å². The van der Waals surface area contributed by atoms with Crippen molar-refractivity contribution in [1.29, 1.82) is 0 Å². The summed E-state index contributed by atoms with van der Waals surface area (Å²) in [6, 6.07) is 14.5. The molecule has 1 saturated heterocycles. The average Bonchev–Trinajstić information content (AvgIpc) is 3.28. The number of rotatable bonds is 4. The van der Waals surface area contributed by atoms with Gasteiger partial charge in [0.1, 0.15) is 0 Å². The highest BCUT2D eigenvalue weighted by Gasteiger charge is 2.21. The van der Waals surface area contributed by atoms with Crippen LogP contribution in [0.3, 0.4) is 0 Å². The lowest BCUT2D eigenvalue weighted by Crippen LogP contribution is -2.32. The first-order chi connectivity index (χ1) is 11.4. The summed E-state index contributed by atoms with van der Waals surface area (Å²) in [6.07, 6.45) is 6.25. The second-order valence-corrected chi connectivity index (χ2v) is 6.15. The minimum atomic E-state index is 0.621. The van der Waals surface area contributed by atoms with Crippen LogP contribution in [0.1, 0.15) is 30.1 Å². The summed E-state index contributed by atoms with van der Waals surface area (Å²) in [6.45, 7) is 3.15. The van der Waals surface area contributed by atoms with Crippen molar-refractivity contribution in [2.75, 3.05) is 13.1 Å². The molecule has 1 aromatic carbocycles. The van der Waals surface area contributed by atoms with Gasteiger partial charge in [0.05, 0.1) is 11.4 Å². The second-order valence-electron chi connectivity index (χ2n) is 6.15. The number of aromatic nitrogens is 4. The zero-order valence-corrected chi connectivity index (χ0v) is 13.1. The fourth-order valence-corrected chi connectivity index (χ4v) is 3.30. The van der Waals surface area contributed by atoms with E-state index in [1.54, 1.807) is 0 Å². The Morgan fingerprint density at radius 3 is 2.61 bits per heavy atom. The minimum Gasteiger partial charge on any atom is -0.297 e. The van der Waals surface area contributed by atoms with Crippen molar-refractivity contribution in [3.05, 3.63) is 66.2 Å². The molecular formula is C18H21N5. The summed E-state index contributed by atoms with van der Waals surface area (Å²) in [4.78, 5) is 2.49. The van der Waals surface area contributed by atoms with E-state index in [1.165, 1.54) is 18.5 Å². The third kappa shape index (κ3) is 3.19. The summed E-state index contributed by atoms with van der Waals surface area (Å²) in [7, 11) is 0. The van der Waals surface area contributed by atoms with Crippen LogP contribution in [0.5, 0.6) is 0 Å². The molecule has 0 bridgehead atoms. The largest absolute Gasteiger partial charge is 0.297 e. The highest BCUT2D eigenvalue weighted by Crippen LogP contribution is 2.26. The number of hydrogen-bond acceptors (Lipinski definition) is 3. The molecule has 0 radical (unpaired) electrons. The Morgan fingerprint density at radius 1 is 1.04 bits per heavy atom. The lowest BCUT2D eigenvalue weighted by atomic mass is 9.94. The molecule has 0 aliphatic carbocycles. The van der Waals surface area contributed by atoms with Crippen LogP contribution in [0.2, 0.25) is 0 Å². The van der Waals surface area contributed by atoms with Gasteiger partial charge in [-0.1, -0.05) is 18.2 Å². The molecule has 5 heteroatoms. The number of nitrogens with zero attached hydrogens (tertiary/aromatic N) is 4. The average molecular weight is 307 g/mol. The zero-order chi connectivity index (χ0) is 15.5. The summed E-state index contributed by atoms with van der Waals surface area (Å²) in [5.74, 6) is 0.621. The van der Waals surface area contributed by atoms with Gasteiger partial charge < -0.3 is 0 Å². The molecule has 1 aliphatic heterocycles. The van der Waals surface area contributed by atoms with Crippen LogP contribution >= 0.6 is 0 Å². The SMILES string of the molecule is c1ccc(-n2ccc(CN3CCC(c4ccn[nH]4)CC3)n2)cc1. The highest BCUT2D eigenvalue weighted by molar-refractivity contribution is 5.30. The Morgan fingerprint density at radius 2 is 1.87 bits per heavy atom. The second kappa shape index (κ2) is 6.38. The van der Waals surface area contributed by atoms with Gasteiger partial charge in [0, 0.05) is 30.6 Å². The monoisotopic (exact) mass is 307 g/mol. The van der Waals surface area contributed by atoms with Gasteiger partial charge in [-0.3, -0.25) is 10.00 Å².